The number of nitro benzene ring substituents is 1. The molecule has 0 aliphatic rings. The summed E-state index contributed by atoms with van der Waals surface area (Å²) < 4.78 is 0. The van der Waals surface area contributed by atoms with Crippen LogP contribution in [0.5, 0.6) is 0 Å². The fourth-order valence-electron chi connectivity index (χ4n) is 1.73. The van der Waals surface area contributed by atoms with E-state index < -0.39 is 0 Å². The number of benzene rings is 1. The predicted octanol–water partition coefficient (Wildman–Crippen LogP) is 3.21. The average molecular weight is 277 g/mol. The van der Waals surface area contributed by atoms with Gasteiger partial charge >= 0.3 is 0 Å². The zero-order valence-electron chi connectivity index (χ0n) is 10.8. The van der Waals surface area contributed by atoms with Crippen LogP contribution in [0.15, 0.2) is 29.6 Å². The minimum Gasteiger partial charge on any atom is -0.305 e. The van der Waals surface area contributed by atoms with Gasteiger partial charge in [0.05, 0.1) is 15.6 Å². The van der Waals surface area contributed by atoms with Crippen molar-refractivity contribution in [3.63, 3.8) is 0 Å². The number of aromatic nitrogens is 1. The molecule has 6 heteroatoms. The second-order valence-electron chi connectivity index (χ2n) is 4.32. The van der Waals surface area contributed by atoms with Gasteiger partial charge in [-0.1, -0.05) is 12.1 Å². The molecular weight excluding hydrogens is 262 g/mol. The number of hydrogen-bond donors (Lipinski definition) is 1. The quantitative estimate of drug-likeness (QED) is 0.673. The van der Waals surface area contributed by atoms with Gasteiger partial charge in [0, 0.05) is 30.1 Å². The molecule has 0 saturated heterocycles. The van der Waals surface area contributed by atoms with Gasteiger partial charge < -0.3 is 5.32 Å². The van der Waals surface area contributed by atoms with Gasteiger partial charge in [-0.25, -0.2) is 4.98 Å². The maximum absolute atomic E-state index is 10.7. The Kier molecular flexibility index (Phi) is 4.24. The lowest BCUT2D eigenvalue weighted by Gasteiger charge is -2.11. The molecule has 1 aromatic heterocycles. The van der Waals surface area contributed by atoms with Gasteiger partial charge in [-0.05, 0) is 19.4 Å². The normalized spacial score (nSPS) is 12.3. The molecule has 19 heavy (non-hydrogen) atoms. The maximum atomic E-state index is 10.7. The summed E-state index contributed by atoms with van der Waals surface area (Å²) in [5.41, 5.74) is 2.03. The first-order valence-electron chi connectivity index (χ1n) is 5.95. The summed E-state index contributed by atoms with van der Waals surface area (Å²) in [5, 5.41) is 17.1. The molecule has 0 saturated carbocycles. The Balaban J connectivity index is 1.98. The summed E-state index contributed by atoms with van der Waals surface area (Å²) in [6, 6.07) is 6.79. The first-order chi connectivity index (χ1) is 9.06. The van der Waals surface area contributed by atoms with Crippen molar-refractivity contribution in [2.24, 2.45) is 0 Å². The lowest BCUT2D eigenvalue weighted by atomic mass is 10.2. The second-order valence-corrected chi connectivity index (χ2v) is 5.38. The number of aryl methyl sites for hydroxylation is 1. The van der Waals surface area contributed by atoms with Crippen molar-refractivity contribution in [1.82, 2.24) is 10.3 Å². The van der Waals surface area contributed by atoms with Gasteiger partial charge in [0.25, 0.3) is 5.69 Å². The Hall–Kier alpha value is -1.79. The molecule has 1 N–H and O–H groups in total. The minimum atomic E-state index is -0.378. The zero-order chi connectivity index (χ0) is 13.8. The summed E-state index contributed by atoms with van der Waals surface area (Å²) in [5.74, 6) is 0. The van der Waals surface area contributed by atoms with E-state index in [9.17, 15) is 10.1 Å². The molecule has 1 aromatic carbocycles. The highest BCUT2D eigenvalue weighted by Gasteiger charge is 2.10. The van der Waals surface area contributed by atoms with E-state index in [-0.39, 0.29) is 16.7 Å². The maximum Gasteiger partial charge on any atom is 0.269 e. The highest BCUT2D eigenvalue weighted by Crippen LogP contribution is 2.17. The van der Waals surface area contributed by atoms with Crippen LogP contribution < -0.4 is 5.32 Å². The number of nitro groups is 1. The van der Waals surface area contributed by atoms with Gasteiger partial charge in [0.2, 0.25) is 0 Å². The number of thiazole rings is 1. The lowest BCUT2D eigenvalue weighted by molar-refractivity contribution is -0.384. The molecule has 1 heterocycles. The molecule has 0 fully saturated rings. The SMILES string of the molecule is Cc1nc(C(C)NCc2cccc([N+](=O)[O-])c2)cs1. The summed E-state index contributed by atoms with van der Waals surface area (Å²) in [7, 11) is 0. The highest BCUT2D eigenvalue weighted by molar-refractivity contribution is 7.09. The van der Waals surface area contributed by atoms with Crippen molar-refractivity contribution in [2.75, 3.05) is 0 Å². The van der Waals surface area contributed by atoms with Gasteiger partial charge in [-0.3, -0.25) is 10.1 Å². The molecule has 0 radical (unpaired) electrons. The number of nitrogens with one attached hydrogen (secondary N) is 1. The van der Waals surface area contributed by atoms with Crippen molar-refractivity contribution >= 4 is 17.0 Å². The Bertz CT molecular complexity index is 583. The van der Waals surface area contributed by atoms with Crippen molar-refractivity contribution in [1.29, 1.82) is 0 Å². The van der Waals surface area contributed by atoms with E-state index in [0.29, 0.717) is 6.54 Å². The Morgan fingerprint density at radius 1 is 1.53 bits per heavy atom. The monoisotopic (exact) mass is 277 g/mol. The fraction of sp³-hybridized carbons (Fsp3) is 0.308. The summed E-state index contributed by atoms with van der Waals surface area (Å²) >= 11 is 1.62. The average Bonchev–Trinajstić information content (AvgIpc) is 2.83. The zero-order valence-corrected chi connectivity index (χ0v) is 11.6. The van der Waals surface area contributed by atoms with Crippen molar-refractivity contribution in [3.05, 3.63) is 56.0 Å². The number of non-ortho nitro benzene ring substituents is 1. The Labute approximate surface area is 115 Å². The lowest BCUT2D eigenvalue weighted by Crippen LogP contribution is -2.18. The summed E-state index contributed by atoms with van der Waals surface area (Å²) in [6.45, 7) is 4.59. The minimum absolute atomic E-state index is 0.122. The van der Waals surface area contributed by atoms with Crippen LogP contribution in [-0.4, -0.2) is 9.91 Å². The first-order valence-corrected chi connectivity index (χ1v) is 6.83. The molecule has 0 spiro atoms. The molecule has 0 aliphatic heterocycles. The molecule has 1 unspecified atom stereocenters. The van der Waals surface area contributed by atoms with Gasteiger partial charge in [-0.15, -0.1) is 11.3 Å². The third kappa shape index (κ3) is 3.59. The molecule has 0 aliphatic carbocycles. The van der Waals surface area contributed by atoms with Crippen LogP contribution in [0.25, 0.3) is 0 Å². The van der Waals surface area contributed by atoms with E-state index in [1.807, 2.05) is 25.3 Å². The fourth-order valence-corrected chi connectivity index (χ4v) is 2.44. The predicted molar refractivity (Wildman–Crippen MR) is 75.2 cm³/mol. The van der Waals surface area contributed by atoms with E-state index >= 15 is 0 Å². The van der Waals surface area contributed by atoms with E-state index in [4.69, 9.17) is 0 Å². The number of nitrogens with zero attached hydrogens (tertiary/aromatic N) is 2. The molecule has 100 valence electrons. The molecule has 0 bridgehead atoms. The molecule has 1 atom stereocenters. The van der Waals surface area contributed by atoms with Crippen LogP contribution in [0.1, 0.15) is 29.2 Å². The van der Waals surface area contributed by atoms with Crippen LogP contribution >= 0.6 is 11.3 Å². The van der Waals surface area contributed by atoms with E-state index in [2.05, 4.69) is 10.3 Å². The van der Waals surface area contributed by atoms with Crippen LogP contribution in [-0.2, 0) is 6.54 Å². The topological polar surface area (TPSA) is 68.1 Å². The van der Waals surface area contributed by atoms with Crippen LogP contribution in [0.3, 0.4) is 0 Å². The van der Waals surface area contributed by atoms with E-state index in [1.54, 1.807) is 23.5 Å². The first kappa shape index (κ1) is 13.6. The standard InChI is InChI=1S/C13H15N3O2S/c1-9(13-8-19-10(2)15-13)14-7-11-4-3-5-12(6-11)16(17)18/h3-6,8-9,14H,7H2,1-2H3. The highest BCUT2D eigenvalue weighted by atomic mass is 32.1. The van der Waals surface area contributed by atoms with Crippen LogP contribution in [0, 0.1) is 17.0 Å². The van der Waals surface area contributed by atoms with E-state index in [1.165, 1.54) is 6.07 Å². The molecule has 2 rings (SSSR count). The summed E-state index contributed by atoms with van der Waals surface area (Å²) in [4.78, 5) is 14.7. The molecule has 5 nitrogen and oxygen atoms in total. The number of rotatable bonds is 5. The molecular formula is C13H15N3O2S. The Morgan fingerprint density at radius 2 is 2.32 bits per heavy atom. The van der Waals surface area contributed by atoms with Crippen molar-refractivity contribution in [2.45, 2.75) is 26.4 Å². The van der Waals surface area contributed by atoms with Gasteiger partial charge in [0.15, 0.2) is 0 Å². The van der Waals surface area contributed by atoms with Gasteiger partial charge in [-0.2, -0.15) is 0 Å². The summed E-state index contributed by atoms with van der Waals surface area (Å²) in [6.07, 6.45) is 0. The molecule has 0 amide bonds. The van der Waals surface area contributed by atoms with E-state index in [0.717, 1.165) is 16.3 Å². The molecule has 2 aromatic rings. The Morgan fingerprint density at radius 3 is 2.95 bits per heavy atom. The third-order valence-corrected chi connectivity index (χ3v) is 3.61. The van der Waals surface area contributed by atoms with Crippen LogP contribution in [0.4, 0.5) is 5.69 Å². The third-order valence-electron chi connectivity index (χ3n) is 2.81. The van der Waals surface area contributed by atoms with Crippen molar-refractivity contribution in [3.8, 4) is 0 Å². The smallest absolute Gasteiger partial charge is 0.269 e. The largest absolute Gasteiger partial charge is 0.305 e. The van der Waals surface area contributed by atoms with Gasteiger partial charge in [0.1, 0.15) is 0 Å². The number of hydrogen-bond acceptors (Lipinski definition) is 5. The second kappa shape index (κ2) is 5.90. The van der Waals surface area contributed by atoms with Crippen LogP contribution in [0.2, 0.25) is 0 Å². The van der Waals surface area contributed by atoms with Crippen molar-refractivity contribution < 1.29 is 4.92 Å².